The van der Waals surface area contributed by atoms with Gasteiger partial charge < -0.3 is 9.84 Å². The molecule has 1 aliphatic rings. The van der Waals surface area contributed by atoms with Crippen LogP contribution >= 0.6 is 15.9 Å². The van der Waals surface area contributed by atoms with Gasteiger partial charge in [-0.1, -0.05) is 25.1 Å². The molecule has 174 valence electrons. The van der Waals surface area contributed by atoms with Crippen molar-refractivity contribution in [2.45, 2.75) is 39.3 Å². The average molecular weight is 524 g/mol. The molecular formula is C23H21BrF3N3O3. The molecule has 0 amide bonds. The lowest BCUT2D eigenvalue weighted by molar-refractivity contribution is -0.192. The minimum Gasteiger partial charge on any atom is -0.477 e. The number of carboxylic acids is 1. The van der Waals surface area contributed by atoms with E-state index in [1.807, 2.05) is 31.3 Å². The number of rotatable bonds is 5. The van der Waals surface area contributed by atoms with Crippen molar-refractivity contribution in [2.24, 2.45) is 0 Å². The SMILES string of the molecule is CCOc1nc(Cc2cnc3ccccc3c2)nc2c1C(Br)=C(CC)C2.O=C(O)C(F)(F)F. The first-order valence-corrected chi connectivity index (χ1v) is 11.0. The Labute approximate surface area is 196 Å². The predicted octanol–water partition coefficient (Wildman–Crippen LogP) is 5.72. The van der Waals surface area contributed by atoms with E-state index in [0.29, 0.717) is 18.9 Å². The lowest BCUT2D eigenvalue weighted by Gasteiger charge is -2.11. The first kappa shape index (κ1) is 24.6. The third kappa shape index (κ3) is 5.87. The summed E-state index contributed by atoms with van der Waals surface area (Å²) in [6.45, 7) is 4.73. The van der Waals surface area contributed by atoms with Crippen molar-refractivity contribution in [3.63, 3.8) is 0 Å². The zero-order valence-electron chi connectivity index (χ0n) is 17.9. The van der Waals surface area contributed by atoms with E-state index in [1.54, 1.807) is 0 Å². The van der Waals surface area contributed by atoms with Crippen molar-refractivity contribution in [1.82, 2.24) is 15.0 Å². The molecule has 0 unspecified atom stereocenters. The lowest BCUT2D eigenvalue weighted by atomic mass is 10.1. The summed E-state index contributed by atoms with van der Waals surface area (Å²) >= 11 is 3.71. The van der Waals surface area contributed by atoms with Crippen LogP contribution in [0.25, 0.3) is 15.4 Å². The highest BCUT2D eigenvalue weighted by Gasteiger charge is 2.38. The van der Waals surface area contributed by atoms with Crippen LogP contribution in [0.3, 0.4) is 0 Å². The number of carboxylic acid groups (broad SMARTS) is 1. The number of allylic oxidation sites excluding steroid dienone is 1. The van der Waals surface area contributed by atoms with Crippen LogP contribution in [0.15, 0.2) is 42.1 Å². The Balaban J connectivity index is 0.000000383. The second kappa shape index (κ2) is 10.3. The minimum absolute atomic E-state index is 0.585. The summed E-state index contributed by atoms with van der Waals surface area (Å²) in [5.41, 5.74) is 5.52. The number of para-hydroxylation sites is 1. The molecule has 3 aromatic rings. The maximum Gasteiger partial charge on any atom is 0.490 e. The van der Waals surface area contributed by atoms with Gasteiger partial charge in [-0.15, -0.1) is 0 Å². The van der Waals surface area contributed by atoms with Crippen LogP contribution in [0.5, 0.6) is 5.88 Å². The van der Waals surface area contributed by atoms with E-state index in [4.69, 9.17) is 24.6 Å². The van der Waals surface area contributed by atoms with E-state index < -0.39 is 12.1 Å². The number of aliphatic carboxylic acids is 1. The normalized spacial score (nSPS) is 12.9. The first-order chi connectivity index (χ1) is 15.6. The summed E-state index contributed by atoms with van der Waals surface area (Å²) in [6.07, 6.45) is -0.681. The number of halogens is 4. The summed E-state index contributed by atoms with van der Waals surface area (Å²) in [5, 5.41) is 8.26. The fraction of sp³-hybridized carbons (Fsp3) is 0.304. The average Bonchev–Trinajstić information content (AvgIpc) is 3.09. The molecule has 4 rings (SSSR count). The highest BCUT2D eigenvalue weighted by atomic mass is 79.9. The van der Waals surface area contributed by atoms with Gasteiger partial charge in [0.05, 0.1) is 23.4 Å². The van der Waals surface area contributed by atoms with Crippen LogP contribution in [0.2, 0.25) is 0 Å². The summed E-state index contributed by atoms with van der Waals surface area (Å²) in [6, 6.07) is 10.3. The smallest absolute Gasteiger partial charge is 0.477 e. The summed E-state index contributed by atoms with van der Waals surface area (Å²) < 4.78 is 38.7. The molecule has 0 atom stereocenters. The number of hydrogen-bond acceptors (Lipinski definition) is 5. The highest BCUT2D eigenvalue weighted by molar-refractivity contribution is 9.15. The monoisotopic (exact) mass is 523 g/mol. The van der Waals surface area contributed by atoms with E-state index >= 15 is 0 Å². The maximum absolute atomic E-state index is 10.6. The standard InChI is InChI=1S/C21H20BrN3O.C2HF3O2/c1-3-14-11-17-19(20(14)22)21(26-4-2)25-18(24-17)10-13-9-15-7-5-6-8-16(15)23-12-13;3-2(4,5)1(6)7/h5-9,12H,3-4,10-11H2,1-2H3;(H,6,7). The van der Waals surface area contributed by atoms with Gasteiger partial charge in [0.15, 0.2) is 0 Å². The molecule has 1 N–H and O–H groups in total. The van der Waals surface area contributed by atoms with Gasteiger partial charge in [-0.3, -0.25) is 4.98 Å². The molecule has 0 bridgehead atoms. The van der Waals surface area contributed by atoms with Gasteiger partial charge in [0.1, 0.15) is 5.82 Å². The Morgan fingerprint density at radius 3 is 2.55 bits per heavy atom. The summed E-state index contributed by atoms with van der Waals surface area (Å²) in [4.78, 5) is 23.0. The largest absolute Gasteiger partial charge is 0.490 e. The van der Waals surface area contributed by atoms with Crippen LogP contribution in [0.4, 0.5) is 13.2 Å². The molecular weight excluding hydrogens is 503 g/mol. The number of pyridine rings is 1. The lowest BCUT2D eigenvalue weighted by Crippen LogP contribution is -2.21. The van der Waals surface area contributed by atoms with Crippen molar-refractivity contribution < 1.29 is 27.8 Å². The van der Waals surface area contributed by atoms with Crippen molar-refractivity contribution >= 4 is 37.3 Å². The molecule has 1 aliphatic carbocycles. The molecule has 0 saturated heterocycles. The quantitative estimate of drug-likeness (QED) is 0.460. The molecule has 0 radical (unpaired) electrons. The predicted molar refractivity (Wildman–Crippen MR) is 121 cm³/mol. The highest BCUT2D eigenvalue weighted by Crippen LogP contribution is 2.42. The molecule has 2 aromatic heterocycles. The van der Waals surface area contributed by atoms with Crippen LogP contribution in [-0.4, -0.2) is 38.8 Å². The van der Waals surface area contributed by atoms with Crippen molar-refractivity contribution in [3.8, 4) is 5.88 Å². The fourth-order valence-electron chi connectivity index (χ4n) is 3.33. The third-order valence-corrected chi connectivity index (χ3v) is 5.82. The Kier molecular flexibility index (Phi) is 7.68. The molecule has 2 heterocycles. The van der Waals surface area contributed by atoms with Crippen LogP contribution in [0, 0.1) is 0 Å². The molecule has 33 heavy (non-hydrogen) atoms. The van der Waals surface area contributed by atoms with Gasteiger partial charge in [0, 0.05) is 28.9 Å². The van der Waals surface area contributed by atoms with E-state index in [1.165, 1.54) is 5.57 Å². The fourth-order valence-corrected chi connectivity index (χ4v) is 4.15. The van der Waals surface area contributed by atoms with Gasteiger partial charge in [-0.05, 0) is 52.5 Å². The van der Waals surface area contributed by atoms with Crippen molar-refractivity contribution in [2.75, 3.05) is 6.61 Å². The van der Waals surface area contributed by atoms with Crippen LogP contribution < -0.4 is 4.74 Å². The maximum atomic E-state index is 10.6. The number of alkyl halides is 3. The van der Waals surface area contributed by atoms with Gasteiger partial charge in [0.2, 0.25) is 5.88 Å². The van der Waals surface area contributed by atoms with Gasteiger partial charge in [0.25, 0.3) is 0 Å². The second-order valence-corrected chi connectivity index (χ2v) is 7.96. The molecule has 0 aliphatic heterocycles. The Hall–Kier alpha value is -3.01. The summed E-state index contributed by atoms with van der Waals surface area (Å²) in [5.74, 6) is -1.30. The van der Waals surface area contributed by atoms with E-state index in [-0.39, 0.29) is 0 Å². The van der Waals surface area contributed by atoms with Crippen LogP contribution in [0.1, 0.15) is 42.9 Å². The number of benzene rings is 1. The van der Waals surface area contributed by atoms with Gasteiger partial charge in [-0.25, -0.2) is 9.78 Å². The number of fused-ring (bicyclic) bond motifs is 2. The zero-order valence-corrected chi connectivity index (χ0v) is 19.5. The van der Waals surface area contributed by atoms with E-state index in [2.05, 4.69) is 40.0 Å². The number of ether oxygens (including phenoxy) is 1. The summed E-state index contributed by atoms with van der Waals surface area (Å²) in [7, 11) is 0. The molecule has 6 nitrogen and oxygen atoms in total. The molecule has 0 saturated carbocycles. The topological polar surface area (TPSA) is 85.2 Å². The number of nitrogens with zero attached hydrogens (tertiary/aromatic N) is 3. The Morgan fingerprint density at radius 2 is 1.91 bits per heavy atom. The number of hydrogen-bond donors (Lipinski definition) is 1. The van der Waals surface area contributed by atoms with Crippen molar-refractivity contribution in [1.29, 1.82) is 0 Å². The Morgan fingerprint density at radius 1 is 1.21 bits per heavy atom. The second-order valence-electron chi connectivity index (χ2n) is 7.16. The minimum atomic E-state index is -5.08. The zero-order chi connectivity index (χ0) is 24.2. The molecule has 10 heteroatoms. The Bertz CT molecular complexity index is 1210. The van der Waals surface area contributed by atoms with Crippen LogP contribution in [-0.2, 0) is 17.6 Å². The van der Waals surface area contributed by atoms with E-state index in [9.17, 15) is 13.2 Å². The third-order valence-electron chi connectivity index (χ3n) is 4.87. The van der Waals surface area contributed by atoms with E-state index in [0.717, 1.165) is 50.9 Å². The first-order valence-electron chi connectivity index (χ1n) is 10.2. The molecule has 1 aromatic carbocycles. The van der Waals surface area contributed by atoms with Crippen molar-refractivity contribution in [3.05, 3.63) is 64.7 Å². The molecule has 0 spiro atoms. The number of carbonyl (C=O) groups is 1. The number of aromatic nitrogens is 3. The molecule has 0 fully saturated rings. The van der Waals surface area contributed by atoms with Gasteiger partial charge >= 0.3 is 12.1 Å². The van der Waals surface area contributed by atoms with Gasteiger partial charge in [-0.2, -0.15) is 18.2 Å².